The highest BCUT2D eigenvalue weighted by Gasteiger charge is 2.36. The van der Waals surface area contributed by atoms with Gasteiger partial charge in [0.15, 0.2) is 0 Å². The number of piperidine rings is 1. The van der Waals surface area contributed by atoms with Gasteiger partial charge >= 0.3 is 12.1 Å². The fourth-order valence-electron chi connectivity index (χ4n) is 4.72. The molecule has 1 aliphatic heterocycles. The van der Waals surface area contributed by atoms with E-state index in [1.54, 1.807) is 13.0 Å². The molecule has 2 aromatic carbocycles. The molecule has 0 saturated carbocycles. The molecule has 1 aliphatic rings. The Labute approximate surface area is 188 Å². The molecule has 3 nitrogen and oxygen atoms in total. The summed E-state index contributed by atoms with van der Waals surface area (Å²) < 4.78 is 45.2. The van der Waals surface area contributed by atoms with Gasteiger partial charge < -0.3 is 4.74 Å². The molecule has 0 aromatic heterocycles. The number of carbonyl (C=O) groups is 1. The predicted octanol–water partition coefficient (Wildman–Crippen LogP) is 6.79. The lowest BCUT2D eigenvalue weighted by Gasteiger charge is -2.43. The summed E-state index contributed by atoms with van der Waals surface area (Å²) in [6, 6.07) is 12.1. The number of carbonyl (C=O) groups excluding carboxylic acids is 1. The second-order valence-electron chi connectivity index (χ2n) is 8.81. The van der Waals surface area contributed by atoms with E-state index in [0.717, 1.165) is 35.6 Å². The minimum Gasteiger partial charge on any atom is -0.466 e. The topological polar surface area (TPSA) is 29.5 Å². The van der Waals surface area contributed by atoms with Crippen LogP contribution in [0.25, 0.3) is 0 Å². The van der Waals surface area contributed by atoms with Crippen molar-refractivity contribution in [1.29, 1.82) is 0 Å². The van der Waals surface area contributed by atoms with Crippen LogP contribution in [-0.4, -0.2) is 24.0 Å². The maximum Gasteiger partial charge on any atom is 0.416 e. The van der Waals surface area contributed by atoms with Gasteiger partial charge in [-0.15, -0.1) is 0 Å². The van der Waals surface area contributed by atoms with Crippen molar-refractivity contribution in [2.45, 2.75) is 65.2 Å². The average Bonchev–Trinajstić information content (AvgIpc) is 2.73. The Morgan fingerprint density at radius 2 is 1.84 bits per heavy atom. The SMILES string of the molecule is CCOC(=O)C[C@@H]1CCN(C(C)c2cc(C(F)(F)F)ccc2C)[C@H](c2ccc(C)cc2)C1. The molecule has 2 aromatic rings. The summed E-state index contributed by atoms with van der Waals surface area (Å²) in [5, 5.41) is 0. The largest absolute Gasteiger partial charge is 0.466 e. The van der Waals surface area contributed by atoms with Crippen molar-refractivity contribution in [2.75, 3.05) is 13.2 Å². The Bertz CT molecular complexity index is 924. The smallest absolute Gasteiger partial charge is 0.416 e. The molecule has 1 fully saturated rings. The zero-order chi connectivity index (χ0) is 23.5. The van der Waals surface area contributed by atoms with Gasteiger partial charge in [0.1, 0.15) is 0 Å². The molecule has 0 spiro atoms. The summed E-state index contributed by atoms with van der Waals surface area (Å²) >= 11 is 0. The molecule has 0 N–H and O–H groups in total. The summed E-state index contributed by atoms with van der Waals surface area (Å²) in [6.07, 6.45) is -2.42. The van der Waals surface area contributed by atoms with E-state index in [1.165, 1.54) is 6.07 Å². The highest BCUT2D eigenvalue weighted by Crippen LogP contribution is 2.42. The predicted molar refractivity (Wildman–Crippen MR) is 119 cm³/mol. The van der Waals surface area contributed by atoms with Crippen LogP contribution in [0.1, 0.15) is 73.0 Å². The number of benzene rings is 2. The Kier molecular flexibility index (Phi) is 7.65. The molecule has 174 valence electrons. The van der Waals surface area contributed by atoms with E-state index in [0.29, 0.717) is 25.1 Å². The Morgan fingerprint density at radius 3 is 2.47 bits per heavy atom. The first-order valence-corrected chi connectivity index (χ1v) is 11.3. The highest BCUT2D eigenvalue weighted by atomic mass is 19.4. The minimum atomic E-state index is -4.37. The lowest BCUT2D eigenvalue weighted by Crippen LogP contribution is -2.39. The molecule has 1 heterocycles. The van der Waals surface area contributed by atoms with Crippen LogP contribution in [-0.2, 0) is 15.7 Å². The lowest BCUT2D eigenvalue weighted by molar-refractivity contribution is -0.145. The first kappa shape index (κ1) is 24.3. The van der Waals surface area contributed by atoms with Crippen molar-refractivity contribution in [3.8, 4) is 0 Å². The number of nitrogens with zero attached hydrogens (tertiary/aromatic N) is 1. The fourth-order valence-corrected chi connectivity index (χ4v) is 4.72. The molecule has 1 unspecified atom stereocenters. The van der Waals surface area contributed by atoms with Crippen LogP contribution in [0, 0.1) is 19.8 Å². The van der Waals surface area contributed by atoms with Gasteiger partial charge in [-0.05, 0) is 81.8 Å². The van der Waals surface area contributed by atoms with Crippen LogP contribution >= 0.6 is 0 Å². The van der Waals surface area contributed by atoms with Crippen molar-refractivity contribution >= 4 is 5.97 Å². The number of esters is 1. The number of rotatable bonds is 6. The van der Waals surface area contributed by atoms with Gasteiger partial charge in [-0.3, -0.25) is 9.69 Å². The minimum absolute atomic E-state index is 0.0210. The van der Waals surface area contributed by atoms with Gasteiger partial charge in [-0.1, -0.05) is 35.9 Å². The number of aryl methyl sites for hydroxylation is 2. The second kappa shape index (κ2) is 10.1. The van der Waals surface area contributed by atoms with E-state index in [1.807, 2.05) is 20.8 Å². The third kappa shape index (κ3) is 5.71. The van der Waals surface area contributed by atoms with Crippen LogP contribution in [0.2, 0.25) is 0 Å². The Hall–Kier alpha value is -2.34. The summed E-state index contributed by atoms with van der Waals surface area (Å²) in [5.74, 6) is 0.00165. The van der Waals surface area contributed by atoms with Crippen molar-refractivity contribution < 1.29 is 22.7 Å². The van der Waals surface area contributed by atoms with Crippen molar-refractivity contribution in [1.82, 2.24) is 4.90 Å². The second-order valence-corrected chi connectivity index (χ2v) is 8.81. The number of alkyl halides is 3. The molecule has 3 rings (SSSR count). The fraction of sp³-hybridized carbons (Fsp3) is 0.500. The molecular formula is C26H32F3NO2. The molecular weight excluding hydrogens is 415 g/mol. The van der Waals surface area contributed by atoms with E-state index < -0.39 is 11.7 Å². The Morgan fingerprint density at radius 1 is 1.16 bits per heavy atom. The molecule has 3 atom stereocenters. The van der Waals surface area contributed by atoms with Gasteiger partial charge in [0.05, 0.1) is 12.2 Å². The Balaban J connectivity index is 1.91. The van der Waals surface area contributed by atoms with Crippen LogP contribution in [0.4, 0.5) is 13.2 Å². The molecule has 6 heteroatoms. The van der Waals surface area contributed by atoms with Crippen LogP contribution in [0.15, 0.2) is 42.5 Å². The normalized spacial score (nSPS) is 20.7. The molecule has 0 bridgehead atoms. The zero-order valence-electron chi connectivity index (χ0n) is 19.2. The number of hydrogen-bond donors (Lipinski definition) is 0. The summed E-state index contributed by atoms with van der Waals surface area (Å²) in [5.41, 5.74) is 3.21. The van der Waals surface area contributed by atoms with E-state index in [-0.39, 0.29) is 24.0 Å². The maximum atomic E-state index is 13.4. The molecule has 0 amide bonds. The standard InChI is InChI=1S/C26H32F3NO2/c1-5-32-25(31)15-20-12-13-30(24(14-20)21-9-6-17(2)7-10-21)19(4)23-16-22(26(27,28)29)11-8-18(23)3/h6-11,16,19-20,24H,5,12-15H2,1-4H3/t19?,20-,24+/m1/s1. The average molecular weight is 448 g/mol. The van der Waals surface area contributed by atoms with Crippen molar-refractivity contribution in [3.63, 3.8) is 0 Å². The number of ether oxygens (including phenoxy) is 1. The third-order valence-corrected chi connectivity index (χ3v) is 6.53. The molecule has 0 radical (unpaired) electrons. The number of halogens is 3. The first-order valence-electron chi connectivity index (χ1n) is 11.3. The highest BCUT2D eigenvalue weighted by molar-refractivity contribution is 5.69. The van der Waals surface area contributed by atoms with Gasteiger partial charge in [-0.2, -0.15) is 13.2 Å². The van der Waals surface area contributed by atoms with Gasteiger partial charge in [0.25, 0.3) is 0 Å². The van der Waals surface area contributed by atoms with Crippen LogP contribution in [0.5, 0.6) is 0 Å². The first-order chi connectivity index (χ1) is 15.1. The quantitative estimate of drug-likeness (QED) is 0.457. The molecule has 0 aliphatic carbocycles. The van der Waals surface area contributed by atoms with Gasteiger partial charge in [-0.25, -0.2) is 0 Å². The van der Waals surface area contributed by atoms with Crippen LogP contribution in [0.3, 0.4) is 0 Å². The van der Waals surface area contributed by atoms with Crippen molar-refractivity contribution in [2.24, 2.45) is 5.92 Å². The summed E-state index contributed by atoms with van der Waals surface area (Å²) in [4.78, 5) is 14.4. The van der Waals surface area contributed by atoms with Crippen molar-refractivity contribution in [3.05, 3.63) is 70.3 Å². The molecule has 32 heavy (non-hydrogen) atoms. The maximum absolute atomic E-state index is 13.4. The zero-order valence-corrected chi connectivity index (χ0v) is 19.2. The number of likely N-dealkylation sites (tertiary alicyclic amines) is 1. The van der Waals surface area contributed by atoms with E-state index in [2.05, 4.69) is 29.2 Å². The van der Waals surface area contributed by atoms with E-state index in [9.17, 15) is 18.0 Å². The van der Waals surface area contributed by atoms with E-state index in [4.69, 9.17) is 4.74 Å². The van der Waals surface area contributed by atoms with Gasteiger partial charge in [0.2, 0.25) is 0 Å². The van der Waals surface area contributed by atoms with Crippen LogP contribution < -0.4 is 0 Å². The van der Waals surface area contributed by atoms with Gasteiger partial charge in [0, 0.05) is 18.5 Å². The van der Waals surface area contributed by atoms with E-state index >= 15 is 0 Å². The summed E-state index contributed by atoms with van der Waals surface area (Å²) in [7, 11) is 0. The summed E-state index contributed by atoms with van der Waals surface area (Å²) in [6.45, 7) is 8.75. The monoisotopic (exact) mass is 447 g/mol. The lowest BCUT2D eigenvalue weighted by atomic mass is 9.83. The molecule has 1 saturated heterocycles. The number of hydrogen-bond acceptors (Lipinski definition) is 3. The third-order valence-electron chi connectivity index (χ3n) is 6.53.